The standard InChI is InChI=1S/C12H16F3N3O/c1-7(19)6-18(2)10-4-3-8(12(13,14)15)5-9(10)11(16)17/h3-5,7,19H,6H2,1-2H3,(H3,16,17). The van der Waals surface area contributed by atoms with Gasteiger partial charge in [0.15, 0.2) is 0 Å². The van der Waals surface area contributed by atoms with Crippen molar-refractivity contribution in [3.8, 4) is 0 Å². The molecule has 1 aromatic carbocycles. The highest BCUT2D eigenvalue weighted by molar-refractivity contribution is 6.00. The number of likely N-dealkylation sites (N-methyl/N-ethyl adjacent to an activating group) is 1. The molecule has 1 rings (SSSR count). The van der Waals surface area contributed by atoms with Crippen LogP contribution in [-0.4, -0.2) is 30.6 Å². The minimum Gasteiger partial charge on any atom is -0.392 e. The Balaban J connectivity index is 3.23. The summed E-state index contributed by atoms with van der Waals surface area (Å²) in [5, 5.41) is 16.7. The van der Waals surface area contributed by atoms with E-state index in [-0.39, 0.29) is 12.1 Å². The molecule has 1 aromatic rings. The van der Waals surface area contributed by atoms with Gasteiger partial charge in [0.25, 0.3) is 0 Å². The number of amidine groups is 1. The Bertz CT molecular complexity index is 472. The zero-order valence-electron chi connectivity index (χ0n) is 10.6. The van der Waals surface area contributed by atoms with E-state index >= 15 is 0 Å². The highest BCUT2D eigenvalue weighted by Crippen LogP contribution is 2.32. The first kappa shape index (κ1) is 15.3. The third kappa shape index (κ3) is 3.85. The summed E-state index contributed by atoms with van der Waals surface area (Å²) < 4.78 is 37.8. The van der Waals surface area contributed by atoms with Crippen LogP contribution in [0.4, 0.5) is 18.9 Å². The fraction of sp³-hybridized carbons (Fsp3) is 0.417. The number of hydrogen-bond acceptors (Lipinski definition) is 3. The Morgan fingerprint density at radius 3 is 2.47 bits per heavy atom. The molecule has 0 amide bonds. The average molecular weight is 275 g/mol. The molecule has 0 aliphatic rings. The second-order valence-electron chi connectivity index (χ2n) is 4.37. The molecule has 0 radical (unpaired) electrons. The number of benzene rings is 1. The largest absolute Gasteiger partial charge is 0.416 e. The molecule has 0 heterocycles. The van der Waals surface area contributed by atoms with E-state index in [1.807, 2.05) is 0 Å². The molecule has 0 aliphatic heterocycles. The van der Waals surface area contributed by atoms with Crippen molar-refractivity contribution < 1.29 is 18.3 Å². The molecule has 4 N–H and O–H groups in total. The number of hydrogen-bond donors (Lipinski definition) is 3. The average Bonchev–Trinajstić information content (AvgIpc) is 2.25. The van der Waals surface area contributed by atoms with E-state index in [2.05, 4.69) is 0 Å². The molecular weight excluding hydrogens is 259 g/mol. The van der Waals surface area contributed by atoms with Gasteiger partial charge in [-0.3, -0.25) is 5.41 Å². The molecule has 4 nitrogen and oxygen atoms in total. The highest BCUT2D eigenvalue weighted by Gasteiger charge is 2.31. The third-order valence-electron chi connectivity index (χ3n) is 2.56. The van der Waals surface area contributed by atoms with Crippen molar-refractivity contribution in [2.75, 3.05) is 18.5 Å². The van der Waals surface area contributed by atoms with E-state index in [0.29, 0.717) is 5.69 Å². The number of anilines is 1. The van der Waals surface area contributed by atoms with Crippen LogP contribution < -0.4 is 10.6 Å². The quantitative estimate of drug-likeness (QED) is 0.579. The fourth-order valence-corrected chi connectivity index (χ4v) is 1.76. The van der Waals surface area contributed by atoms with Gasteiger partial charge in [-0.1, -0.05) is 0 Å². The van der Waals surface area contributed by atoms with Crippen molar-refractivity contribution in [2.24, 2.45) is 5.73 Å². The Kier molecular flexibility index (Phi) is 4.41. The SMILES string of the molecule is CC(O)CN(C)c1ccc(C(F)(F)F)cc1C(=N)N. The molecule has 7 heteroatoms. The van der Waals surface area contributed by atoms with Gasteiger partial charge in [0.1, 0.15) is 5.84 Å². The van der Waals surface area contributed by atoms with E-state index in [4.69, 9.17) is 11.1 Å². The van der Waals surface area contributed by atoms with Crippen molar-refractivity contribution in [1.29, 1.82) is 5.41 Å². The van der Waals surface area contributed by atoms with Crippen LogP contribution in [0.25, 0.3) is 0 Å². The van der Waals surface area contributed by atoms with Crippen molar-refractivity contribution in [2.45, 2.75) is 19.2 Å². The van der Waals surface area contributed by atoms with Crippen LogP contribution in [0.15, 0.2) is 18.2 Å². The molecule has 0 aliphatic carbocycles. The summed E-state index contributed by atoms with van der Waals surface area (Å²) in [7, 11) is 1.61. The number of nitrogen functional groups attached to an aromatic ring is 1. The first-order valence-corrected chi connectivity index (χ1v) is 5.57. The van der Waals surface area contributed by atoms with Gasteiger partial charge in [0, 0.05) is 24.8 Å². The maximum atomic E-state index is 12.6. The second-order valence-corrected chi connectivity index (χ2v) is 4.37. The molecule has 0 saturated heterocycles. The Morgan fingerprint density at radius 1 is 1.47 bits per heavy atom. The summed E-state index contributed by atoms with van der Waals surface area (Å²) in [5.74, 6) is -0.446. The van der Waals surface area contributed by atoms with E-state index in [1.165, 1.54) is 6.07 Å². The Labute approximate surface area is 109 Å². The monoisotopic (exact) mass is 275 g/mol. The number of aliphatic hydroxyl groups is 1. The Hall–Kier alpha value is -1.76. The van der Waals surface area contributed by atoms with E-state index in [0.717, 1.165) is 12.1 Å². The minimum atomic E-state index is -4.48. The smallest absolute Gasteiger partial charge is 0.392 e. The zero-order valence-corrected chi connectivity index (χ0v) is 10.6. The van der Waals surface area contributed by atoms with Crippen molar-refractivity contribution in [1.82, 2.24) is 0 Å². The predicted molar refractivity (Wildman–Crippen MR) is 67.4 cm³/mol. The van der Waals surface area contributed by atoms with Crippen molar-refractivity contribution in [3.05, 3.63) is 29.3 Å². The number of nitrogens with zero attached hydrogens (tertiary/aromatic N) is 1. The molecule has 0 saturated carbocycles. The number of nitrogens with two attached hydrogens (primary N) is 1. The minimum absolute atomic E-state index is 0.00187. The van der Waals surface area contributed by atoms with E-state index in [1.54, 1.807) is 18.9 Å². The van der Waals surface area contributed by atoms with Gasteiger partial charge >= 0.3 is 6.18 Å². The molecule has 0 bridgehead atoms. The molecule has 1 unspecified atom stereocenters. The second kappa shape index (κ2) is 5.48. The van der Waals surface area contributed by atoms with Gasteiger partial charge in [0.05, 0.1) is 11.7 Å². The van der Waals surface area contributed by atoms with Crippen molar-refractivity contribution >= 4 is 11.5 Å². The van der Waals surface area contributed by atoms with Crippen LogP contribution in [0.1, 0.15) is 18.1 Å². The number of halogens is 3. The van der Waals surface area contributed by atoms with Crippen LogP contribution in [0.5, 0.6) is 0 Å². The van der Waals surface area contributed by atoms with Crippen LogP contribution in [0.3, 0.4) is 0 Å². The van der Waals surface area contributed by atoms with E-state index < -0.39 is 23.7 Å². The molecule has 0 fully saturated rings. The van der Waals surface area contributed by atoms with Gasteiger partial charge in [-0.25, -0.2) is 0 Å². The first-order chi connectivity index (χ1) is 8.62. The molecular formula is C12H16F3N3O. The van der Waals surface area contributed by atoms with Gasteiger partial charge < -0.3 is 15.7 Å². The Morgan fingerprint density at radius 2 is 2.05 bits per heavy atom. The van der Waals surface area contributed by atoms with Crippen molar-refractivity contribution in [3.63, 3.8) is 0 Å². The summed E-state index contributed by atoms with van der Waals surface area (Å²) in [4.78, 5) is 1.56. The van der Waals surface area contributed by atoms with Gasteiger partial charge in [-0.15, -0.1) is 0 Å². The highest BCUT2D eigenvalue weighted by atomic mass is 19.4. The van der Waals surface area contributed by atoms with Crippen LogP contribution >= 0.6 is 0 Å². The fourth-order valence-electron chi connectivity index (χ4n) is 1.76. The lowest BCUT2D eigenvalue weighted by atomic mass is 10.1. The van der Waals surface area contributed by atoms with Crippen LogP contribution in [-0.2, 0) is 6.18 Å². The number of alkyl halides is 3. The van der Waals surface area contributed by atoms with Crippen LogP contribution in [0, 0.1) is 5.41 Å². The topological polar surface area (TPSA) is 73.3 Å². The molecule has 106 valence electrons. The molecule has 0 spiro atoms. The number of nitrogens with one attached hydrogen (secondary N) is 1. The first-order valence-electron chi connectivity index (χ1n) is 5.57. The lowest BCUT2D eigenvalue weighted by Gasteiger charge is -2.24. The van der Waals surface area contributed by atoms with Gasteiger partial charge in [0.2, 0.25) is 0 Å². The summed E-state index contributed by atoms with van der Waals surface area (Å²) in [6, 6.07) is 3.03. The summed E-state index contributed by atoms with van der Waals surface area (Å²) in [6.45, 7) is 1.79. The lowest BCUT2D eigenvalue weighted by molar-refractivity contribution is -0.137. The number of aliphatic hydroxyl groups excluding tert-OH is 1. The predicted octanol–water partition coefficient (Wildman–Crippen LogP) is 1.81. The summed E-state index contributed by atoms with van der Waals surface area (Å²) in [6.07, 6.45) is -5.13. The maximum Gasteiger partial charge on any atom is 0.416 e. The lowest BCUT2D eigenvalue weighted by Crippen LogP contribution is -2.29. The maximum absolute atomic E-state index is 12.6. The van der Waals surface area contributed by atoms with Gasteiger partial charge in [-0.2, -0.15) is 13.2 Å². The van der Waals surface area contributed by atoms with Gasteiger partial charge in [-0.05, 0) is 25.1 Å². The summed E-state index contributed by atoms with van der Waals surface area (Å²) in [5.41, 5.74) is 4.84. The third-order valence-corrected chi connectivity index (χ3v) is 2.56. The van der Waals surface area contributed by atoms with E-state index in [9.17, 15) is 18.3 Å². The summed E-state index contributed by atoms with van der Waals surface area (Å²) >= 11 is 0. The molecule has 0 aromatic heterocycles. The zero-order chi connectivity index (χ0) is 14.8. The van der Waals surface area contributed by atoms with Crippen LogP contribution in [0.2, 0.25) is 0 Å². The normalized spacial score (nSPS) is 13.2. The molecule has 19 heavy (non-hydrogen) atoms. The molecule has 1 atom stereocenters. The number of rotatable bonds is 4.